The summed E-state index contributed by atoms with van der Waals surface area (Å²) in [4.78, 5) is 15.6. The van der Waals surface area contributed by atoms with E-state index in [1.807, 2.05) is 0 Å². The number of nitrogen functional groups attached to an aromatic ring is 1. The number of amides is 1. The molecule has 0 aliphatic rings. The van der Waals surface area contributed by atoms with E-state index in [0.29, 0.717) is 6.54 Å². The topological polar surface area (TPSA) is 85.1 Å². The predicted molar refractivity (Wildman–Crippen MR) is 69.5 cm³/mol. The van der Waals surface area contributed by atoms with Crippen LogP contribution in [0.4, 0.5) is 5.82 Å². The fraction of sp³-hybridized carbons (Fsp3) is 0.400. The van der Waals surface area contributed by atoms with Crippen molar-refractivity contribution in [3.05, 3.63) is 22.8 Å². The molecule has 5 nitrogen and oxygen atoms in total. The van der Waals surface area contributed by atoms with Crippen LogP contribution < -0.4 is 11.1 Å². The Morgan fingerprint density at radius 3 is 2.88 bits per heavy atom. The summed E-state index contributed by atoms with van der Waals surface area (Å²) in [5.41, 5.74) is 5.56. The number of hydrogen-bond acceptors (Lipinski definition) is 4. The summed E-state index contributed by atoms with van der Waals surface area (Å²) in [6.45, 7) is 2.08. The molecule has 0 fully saturated rings. The van der Waals surface area contributed by atoms with Gasteiger partial charge >= 0.3 is 0 Å². The fourth-order valence-corrected chi connectivity index (χ4v) is 1.56. The fourth-order valence-electron chi connectivity index (χ4n) is 1.05. The quantitative estimate of drug-likeness (QED) is 0.852. The van der Waals surface area contributed by atoms with Gasteiger partial charge in [0.2, 0.25) is 0 Å². The summed E-state index contributed by atoms with van der Waals surface area (Å²) < 4.78 is 11.1. The van der Waals surface area contributed by atoms with E-state index in [1.165, 1.54) is 12.1 Å². The predicted octanol–water partition coefficient (Wildman–Crippen LogP) is 0.814. The van der Waals surface area contributed by atoms with E-state index in [4.69, 9.17) is 17.3 Å². The molecule has 1 heterocycles. The number of aromatic nitrogens is 1. The van der Waals surface area contributed by atoms with Crippen LogP contribution in [-0.2, 0) is 10.8 Å². The van der Waals surface area contributed by atoms with E-state index >= 15 is 0 Å². The molecule has 94 valence electrons. The molecule has 1 rings (SSSR count). The van der Waals surface area contributed by atoms with Gasteiger partial charge in [-0.25, -0.2) is 4.98 Å². The van der Waals surface area contributed by atoms with Crippen molar-refractivity contribution >= 4 is 34.1 Å². The van der Waals surface area contributed by atoms with Crippen LogP contribution in [0.15, 0.2) is 12.1 Å². The highest BCUT2D eigenvalue weighted by Crippen LogP contribution is 2.14. The van der Waals surface area contributed by atoms with Crippen molar-refractivity contribution in [3.63, 3.8) is 0 Å². The number of carbonyl (C=O) groups is 1. The summed E-state index contributed by atoms with van der Waals surface area (Å²) in [6, 6.07) is 3.03. The van der Waals surface area contributed by atoms with E-state index in [2.05, 4.69) is 10.3 Å². The van der Waals surface area contributed by atoms with Crippen molar-refractivity contribution in [2.75, 3.05) is 18.5 Å². The molecule has 0 radical (unpaired) electrons. The van der Waals surface area contributed by atoms with Gasteiger partial charge in [0.25, 0.3) is 5.91 Å². The lowest BCUT2D eigenvalue weighted by molar-refractivity contribution is 0.0949. The maximum Gasteiger partial charge on any atom is 0.271 e. The average molecular weight is 276 g/mol. The number of nitrogens with two attached hydrogens (primary N) is 1. The molecule has 1 aromatic heterocycles. The minimum atomic E-state index is -0.986. The smallest absolute Gasteiger partial charge is 0.271 e. The summed E-state index contributed by atoms with van der Waals surface area (Å²) in [6.07, 6.45) is 1.59. The molecular formula is C10H14ClN3O2S. The van der Waals surface area contributed by atoms with E-state index in [-0.39, 0.29) is 21.8 Å². The SMILES string of the molecule is CC(CNC(=O)c1nc(N)ccc1Cl)S(C)=O. The van der Waals surface area contributed by atoms with Crippen molar-refractivity contribution < 1.29 is 9.00 Å². The van der Waals surface area contributed by atoms with Gasteiger partial charge in [0.1, 0.15) is 11.5 Å². The molecule has 1 amide bonds. The second kappa shape index (κ2) is 5.97. The zero-order valence-corrected chi connectivity index (χ0v) is 11.1. The molecule has 0 bridgehead atoms. The number of anilines is 1. The number of halogens is 1. The number of rotatable bonds is 4. The van der Waals surface area contributed by atoms with Crippen molar-refractivity contribution in [1.29, 1.82) is 0 Å². The average Bonchev–Trinajstić information content (AvgIpc) is 2.28. The molecule has 0 saturated carbocycles. The van der Waals surface area contributed by atoms with E-state index in [0.717, 1.165) is 0 Å². The van der Waals surface area contributed by atoms with Crippen molar-refractivity contribution in [2.24, 2.45) is 0 Å². The molecule has 7 heteroatoms. The van der Waals surface area contributed by atoms with Gasteiger partial charge in [-0.2, -0.15) is 0 Å². The van der Waals surface area contributed by atoms with E-state index in [1.54, 1.807) is 13.2 Å². The molecule has 0 spiro atoms. The van der Waals surface area contributed by atoms with Gasteiger partial charge in [0.05, 0.1) is 5.02 Å². The normalized spacial score (nSPS) is 14.1. The lowest BCUT2D eigenvalue weighted by Gasteiger charge is -2.10. The molecule has 3 N–H and O–H groups in total. The molecule has 0 saturated heterocycles. The van der Waals surface area contributed by atoms with Gasteiger partial charge in [0, 0.05) is 28.9 Å². The minimum absolute atomic E-state index is 0.0840. The highest BCUT2D eigenvalue weighted by atomic mass is 35.5. The summed E-state index contributed by atoms with van der Waals surface area (Å²) in [5.74, 6) is -0.189. The third-order valence-corrected chi connectivity index (χ3v) is 3.80. The van der Waals surface area contributed by atoms with Crippen LogP contribution in [0, 0.1) is 0 Å². The van der Waals surface area contributed by atoms with Gasteiger partial charge < -0.3 is 11.1 Å². The Balaban J connectivity index is 2.70. The second-order valence-corrected chi connectivity index (χ2v) is 5.79. The van der Waals surface area contributed by atoms with Gasteiger partial charge in [0.15, 0.2) is 0 Å². The van der Waals surface area contributed by atoms with Crippen LogP contribution in [0.2, 0.25) is 5.02 Å². The zero-order chi connectivity index (χ0) is 13.0. The molecule has 1 aromatic rings. The Labute approximate surface area is 107 Å². The molecule has 0 aliphatic heterocycles. The summed E-state index contributed by atoms with van der Waals surface area (Å²) in [5, 5.41) is 2.73. The van der Waals surface area contributed by atoms with Gasteiger partial charge in [-0.05, 0) is 19.1 Å². The Hall–Kier alpha value is -1.14. The van der Waals surface area contributed by atoms with Crippen molar-refractivity contribution in [3.8, 4) is 0 Å². The summed E-state index contributed by atoms with van der Waals surface area (Å²) >= 11 is 5.83. The lowest BCUT2D eigenvalue weighted by atomic mass is 10.3. The third kappa shape index (κ3) is 3.98. The summed E-state index contributed by atoms with van der Waals surface area (Å²) in [7, 11) is -0.986. The largest absolute Gasteiger partial charge is 0.384 e. The maximum absolute atomic E-state index is 11.7. The Morgan fingerprint density at radius 1 is 1.65 bits per heavy atom. The van der Waals surface area contributed by atoms with E-state index in [9.17, 15) is 9.00 Å². The van der Waals surface area contributed by atoms with Gasteiger partial charge in [-0.1, -0.05) is 11.6 Å². The Morgan fingerprint density at radius 2 is 2.29 bits per heavy atom. The first-order valence-electron chi connectivity index (χ1n) is 4.94. The Kier molecular flexibility index (Phi) is 4.89. The van der Waals surface area contributed by atoms with Crippen molar-refractivity contribution in [2.45, 2.75) is 12.2 Å². The van der Waals surface area contributed by atoms with Crippen LogP contribution in [-0.4, -0.2) is 33.2 Å². The van der Waals surface area contributed by atoms with Crippen LogP contribution in [0.1, 0.15) is 17.4 Å². The molecule has 0 aliphatic carbocycles. The number of hydrogen-bond donors (Lipinski definition) is 2. The number of pyridine rings is 1. The zero-order valence-electron chi connectivity index (χ0n) is 9.57. The van der Waals surface area contributed by atoms with Gasteiger partial charge in [-0.15, -0.1) is 0 Å². The molecule has 0 aromatic carbocycles. The maximum atomic E-state index is 11.7. The number of nitrogens with zero attached hydrogens (tertiary/aromatic N) is 1. The van der Waals surface area contributed by atoms with Crippen LogP contribution in [0.25, 0.3) is 0 Å². The first kappa shape index (κ1) is 13.9. The molecule has 2 unspecified atom stereocenters. The highest BCUT2D eigenvalue weighted by Gasteiger charge is 2.14. The Bertz CT molecular complexity index is 453. The highest BCUT2D eigenvalue weighted by molar-refractivity contribution is 7.84. The monoisotopic (exact) mass is 275 g/mol. The van der Waals surface area contributed by atoms with Crippen LogP contribution in [0.5, 0.6) is 0 Å². The lowest BCUT2D eigenvalue weighted by Crippen LogP contribution is -2.33. The first-order chi connectivity index (χ1) is 7.91. The second-order valence-electron chi connectivity index (χ2n) is 3.59. The molecule has 2 atom stereocenters. The van der Waals surface area contributed by atoms with Crippen LogP contribution >= 0.6 is 11.6 Å². The standard InChI is InChI=1S/C10H14ClN3O2S/c1-6(17(2)16)5-13-10(15)9-7(11)3-4-8(12)14-9/h3-4,6H,5H2,1-2H3,(H2,12,14)(H,13,15). The van der Waals surface area contributed by atoms with E-state index < -0.39 is 16.7 Å². The van der Waals surface area contributed by atoms with Crippen LogP contribution in [0.3, 0.4) is 0 Å². The van der Waals surface area contributed by atoms with Crippen molar-refractivity contribution in [1.82, 2.24) is 10.3 Å². The third-order valence-electron chi connectivity index (χ3n) is 2.20. The number of carbonyl (C=O) groups excluding carboxylic acids is 1. The first-order valence-corrected chi connectivity index (χ1v) is 6.94. The number of nitrogens with one attached hydrogen (secondary N) is 1. The molecular weight excluding hydrogens is 262 g/mol. The molecule has 17 heavy (non-hydrogen) atoms. The van der Waals surface area contributed by atoms with Gasteiger partial charge in [-0.3, -0.25) is 9.00 Å². The minimum Gasteiger partial charge on any atom is -0.384 e.